The van der Waals surface area contributed by atoms with Crippen LogP contribution in [-0.2, 0) is 14.6 Å². The fourth-order valence-electron chi connectivity index (χ4n) is 4.22. The van der Waals surface area contributed by atoms with Gasteiger partial charge in [0.05, 0.1) is 11.7 Å². The number of nitrogens with one attached hydrogen (secondary N) is 2. The van der Waals surface area contributed by atoms with Crippen LogP contribution >= 0.6 is 11.6 Å². The van der Waals surface area contributed by atoms with Crippen LogP contribution in [0.1, 0.15) is 46.5 Å². The Morgan fingerprint density at radius 1 is 1.29 bits per heavy atom. The van der Waals surface area contributed by atoms with Gasteiger partial charge in [-0.2, -0.15) is 0 Å². The molecule has 1 amide bonds. The summed E-state index contributed by atoms with van der Waals surface area (Å²) in [7, 11) is -3.46. The molecule has 0 spiro atoms. The molecule has 0 radical (unpaired) electrons. The number of alkyl halides is 1. The second kappa shape index (κ2) is 8.53. The molecule has 0 bridgehead atoms. The van der Waals surface area contributed by atoms with Crippen molar-refractivity contribution >= 4 is 33.3 Å². The van der Waals surface area contributed by atoms with Gasteiger partial charge in [-0.3, -0.25) is 4.79 Å². The van der Waals surface area contributed by atoms with Crippen LogP contribution in [-0.4, -0.2) is 47.5 Å². The lowest BCUT2D eigenvalue weighted by atomic mass is 9.74. The molecular formula is C19H29ClN4O3S. The summed E-state index contributed by atoms with van der Waals surface area (Å²) in [5.41, 5.74) is 0. The van der Waals surface area contributed by atoms with E-state index in [1.54, 1.807) is 0 Å². The molecule has 2 heterocycles. The number of hydrogen-bond acceptors (Lipinski definition) is 6. The summed E-state index contributed by atoms with van der Waals surface area (Å²) >= 11 is 6.32. The second-order valence-corrected chi connectivity index (χ2v) is 11.1. The Balaban J connectivity index is 1.70. The number of aromatic nitrogens is 2. The van der Waals surface area contributed by atoms with Gasteiger partial charge in [0.1, 0.15) is 0 Å². The highest BCUT2D eigenvalue weighted by atomic mass is 35.5. The molecule has 1 saturated heterocycles. The molecule has 2 aliphatic rings. The third kappa shape index (κ3) is 4.95. The van der Waals surface area contributed by atoms with Gasteiger partial charge in [0.2, 0.25) is 11.9 Å². The van der Waals surface area contributed by atoms with E-state index >= 15 is 0 Å². The lowest BCUT2D eigenvalue weighted by Crippen LogP contribution is -2.55. The first-order valence-corrected chi connectivity index (χ1v) is 12.0. The Morgan fingerprint density at radius 3 is 2.75 bits per heavy atom. The topological polar surface area (TPSA) is 101 Å². The summed E-state index contributed by atoms with van der Waals surface area (Å²) in [4.78, 5) is 20.9. The number of carbonyl (C=O) groups is 1. The fourth-order valence-corrected chi connectivity index (χ4v) is 6.12. The van der Waals surface area contributed by atoms with Crippen LogP contribution in [0.3, 0.4) is 0 Å². The van der Waals surface area contributed by atoms with Crippen LogP contribution in [0, 0.1) is 17.8 Å². The summed E-state index contributed by atoms with van der Waals surface area (Å²) < 4.78 is 24.9. The molecule has 1 aliphatic heterocycles. The molecule has 5 atom stereocenters. The number of rotatable bonds is 6. The van der Waals surface area contributed by atoms with Crippen molar-refractivity contribution in [3.05, 3.63) is 12.3 Å². The number of amides is 1. The largest absolute Gasteiger partial charge is 0.353 e. The SMILES string of the molecule is CC(C)CS(=O)(=O)c1ccnc(N[C@@H](C)C2CC3CC(Cl)CCC3NC2=O)n1. The van der Waals surface area contributed by atoms with Gasteiger partial charge >= 0.3 is 0 Å². The van der Waals surface area contributed by atoms with Crippen LogP contribution < -0.4 is 10.6 Å². The van der Waals surface area contributed by atoms with Gasteiger partial charge in [-0.1, -0.05) is 13.8 Å². The van der Waals surface area contributed by atoms with Gasteiger partial charge in [-0.15, -0.1) is 11.6 Å². The zero-order valence-electron chi connectivity index (χ0n) is 16.6. The highest BCUT2D eigenvalue weighted by molar-refractivity contribution is 7.91. The van der Waals surface area contributed by atoms with Gasteiger partial charge in [0, 0.05) is 23.7 Å². The van der Waals surface area contributed by atoms with Crippen LogP contribution in [0.2, 0.25) is 0 Å². The molecule has 28 heavy (non-hydrogen) atoms. The maximum atomic E-state index is 12.6. The minimum atomic E-state index is -3.46. The predicted molar refractivity (Wildman–Crippen MR) is 109 cm³/mol. The van der Waals surface area contributed by atoms with Crippen LogP contribution in [0.4, 0.5) is 5.95 Å². The van der Waals surface area contributed by atoms with Crippen molar-refractivity contribution in [3.8, 4) is 0 Å². The minimum Gasteiger partial charge on any atom is -0.353 e. The van der Waals surface area contributed by atoms with Crippen molar-refractivity contribution in [2.75, 3.05) is 11.1 Å². The van der Waals surface area contributed by atoms with E-state index in [1.165, 1.54) is 12.3 Å². The van der Waals surface area contributed by atoms with Gasteiger partial charge in [-0.05, 0) is 50.5 Å². The summed E-state index contributed by atoms with van der Waals surface area (Å²) in [6.45, 7) is 5.61. The van der Waals surface area contributed by atoms with Crippen molar-refractivity contribution in [2.45, 2.75) is 68.9 Å². The zero-order chi connectivity index (χ0) is 20.5. The van der Waals surface area contributed by atoms with Crippen LogP contribution in [0.15, 0.2) is 17.3 Å². The van der Waals surface area contributed by atoms with E-state index in [0.29, 0.717) is 5.92 Å². The van der Waals surface area contributed by atoms with Gasteiger partial charge < -0.3 is 10.6 Å². The Bertz CT molecular complexity index is 817. The van der Waals surface area contributed by atoms with E-state index in [1.807, 2.05) is 20.8 Å². The molecule has 3 rings (SSSR count). The standard InChI is InChI=1S/C19H29ClN4O3S/c1-11(2)10-28(26,27)17-6-7-21-19(24-17)22-12(3)15-9-13-8-14(20)4-5-16(13)23-18(15)25/h6-7,11-16H,4-5,8-10H2,1-3H3,(H,23,25)(H,21,22,24)/t12-,13?,14?,15?,16?/m0/s1. The van der Waals surface area contributed by atoms with Crippen LogP contribution in [0.25, 0.3) is 0 Å². The molecule has 1 aliphatic carbocycles. The first-order chi connectivity index (χ1) is 13.2. The number of anilines is 1. The Kier molecular flexibility index (Phi) is 6.49. The molecule has 9 heteroatoms. The quantitative estimate of drug-likeness (QED) is 0.533. The Hall–Kier alpha value is -1.41. The van der Waals surface area contributed by atoms with Crippen molar-refractivity contribution in [2.24, 2.45) is 17.8 Å². The molecule has 7 nitrogen and oxygen atoms in total. The Labute approximate surface area is 172 Å². The second-order valence-electron chi connectivity index (χ2n) is 8.45. The summed E-state index contributed by atoms with van der Waals surface area (Å²) in [5, 5.41) is 6.46. The molecule has 4 unspecified atom stereocenters. The highest BCUT2D eigenvalue weighted by Gasteiger charge is 2.41. The third-order valence-corrected chi connectivity index (χ3v) is 7.97. The molecule has 156 valence electrons. The monoisotopic (exact) mass is 428 g/mol. The normalized spacial score (nSPS) is 29.1. The van der Waals surface area contributed by atoms with E-state index in [0.717, 1.165) is 25.7 Å². The number of piperidine rings is 1. The first kappa shape index (κ1) is 21.3. The maximum absolute atomic E-state index is 12.6. The average molecular weight is 429 g/mol. The molecule has 1 saturated carbocycles. The first-order valence-electron chi connectivity index (χ1n) is 9.92. The van der Waals surface area contributed by atoms with E-state index in [4.69, 9.17) is 11.6 Å². The van der Waals surface area contributed by atoms with E-state index in [9.17, 15) is 13.2 Å². The van der Waals surface area contributed by atoms with Crippen molar-refractivity contribution in [3.63, 3.8) is 0 Å². The molecule has 2 N–H and O–H groups in total. The smallest absolute Gasteiger partial charge is 0.225 e. The fraction of sp³-hybridized carbons (Fsp3) is 0.737. The number of hydrogen-bond donors (Lipinski definition) is 2. The molecule has 2 fully saturated rings. The van der Waals surface area contributed by atoms with Gasteiger partial charge in [-0.25, -0.2) is 18.4 Å². The predicted octanol–water partition coefficient (Wildman–Crippen LogP) is 2.62. The van der Waals surface area contributed by atoms with E-state index in [-0.39, 0.29) is 51.9 Å². The van der Waals surface area contributed by atoms with E-state index in [2.05, 4.69) is 20.6 Å². The summed E-state index contributed by atoms with van der Waals surface area (Å²) in [6.07, 6.45) is 4.98. The molecule has 1 aromatic heterocycles. The number of sulfone groups is 1. The average Bonchev–Trinajstić information content (AvgIpc) is 2.60. The molecular weight excluding hydrogens is 400 g/mol. The van der Waals surface area contributed by atoms with Crippen molar-refractivity contribution < 1.29 is 13.2 Å². The molecule has 1 aromatic rings. The molecule has 0 aromatic carbocycles. The number of carbonyl (C=O) groups excluding carboxylic acids is 1. The van der Waals surface area contributed by atoms with Crippen molar-refractivity contribution in [1.82, 2.24) is 15.3 Å². The number of fused-ring (bicyclic) bond motifs is 1. The van der Waals surface area contributed by atoms with Crippen molar-refractivity contribution in [1.29, 1.82) is 0 Å². The van der Waals surface area contributed by atoms with Crippen LogP contribution in [0.5, 0.6) is 0 Å². The Morgan fingerprint density at radius 2 is 2.04 bits per heavy atom. The minimum absolute atomic E-state index is 0.00966. The zero-order valence-corrected chi connectivity index (χ0v) is 18.1. The summed E-state index contributed by atoms with van der Waals surface area (Å²) in [5.74, 6) is 0.441. The number of nitrogens with zero attached hydrogens (tertiary/aromatic N) is 2. The summed E-state index contributed by atoms with van der Waals surface area (Å²) in [6, 6.07) is 1.40. The van der Waals surface area contributed by atoms with Gasteiger partial charge in [0.15, 0.2) is 14.9 Å². The highest BCUT2D eigenvalue weighted by Crippen LogP contribution is 2.36. The van der Waals surface area contributed by atoms with Gasteiger partial charge in [0.25, 0.3) is 0 Å². The number of halogens is 1. The lowest BCUT2D eigenvalue weighted by molar-refractivity contribution is -0.130. The lowest BCUT2D eigenvalue weighted by Gasteiger charge is -2.42. The van der Waals surface area contributed by atoms with E-state index < -0.39 is 9.84 Å². The maximum Gasteiger partial charge on any atom is 0.225 e. The third-order valence-electron chi connectivity index (χ3n) is 5.60.